The third-order valence-corrected chi connectivity index (χ3v) is 2.36. The minimum Gasteiger partial charge on any atom is -0.371 e. The van der Waals surface area contributed by atoms with Crippen molar-refractivity contribution in [1.29, 1.82) is 10.5 Å². The summed E-state index contributed by atoms with van der Waals surface area (Å²) in [5.41, 5.74) is -1.02. The average Bonchev–Trinajstić information content (AvgIpc) is 2.39. The molecule has 1 aliphatic rings. The summed E-state index contributed by atoms with van der Waals surface area (Å²) in [7, 11) is 0. The molecule has 0 N–H and O–H groups in total. The maximum atomic E-state index is 8.97. The fraction of sp³-hybridized carbons (Fsp3) is 0.600. The standard InChI is InChI=1S/C10H12N2O/c1-2-9-10(7-11,8-12)5-3-4-6-13-9/h2,9H,1,3-6H2. The summed E-state index contributed by atoms with van der Waals surface area (Å²) in [5.74, 6) is 0. The molecular weight excluding hydrogens is 164 g/mol. The second-order valence-electron chi connectivity index (χ2n) is 3.18. The normalized spacial score (nSPS) is 26.5. The van der Waals surface area contributed by atoms with Gasteiger partial charge in [-0.2, -0.15) is 10.5 Å². The zero-order valence-electron chi connectivity index (χ0n) is 7.49. The lowest BCUT2D eigenvalue weighted by Gasteiger charge is -2.23. The van der Waals surface area contributed by atoms with Crippen LogP contribution in [0.4, 0.5) is 0 Å². The van der Waals surface area contributed by atoms with Crippen LogP contribution in [-0.4, -0.2) is 12.7 Å². The highest BCUT2D eigenvalue weighted by atomic mass is 16.5. The molecule has 0 aromatic heterocycles. The summed E-state index contributed by atoms with van der Waals surface area (Å²) in [4.78, 5) is 0. The third kappa shape index (κ3) is 1.71. The van der Waals surface area contributed by atoms with Crippen LogP contribution in [0.15, 0.2) is 12.7 Å². The molecule has 0 aromatic carbocycles. The van der Waals surface area contributed by atoms with Crippen LogP contribution in [0.1, 0.15) is 19.3 Å². The molecular formula is C10H12N2O. The summed E-state index contributed by atoms with van der Waals surface area (Å²) in [6.45, 7) is 4.20. The zero-order chi connectivity index (χ0) is 9.73. The predicted octanol–water partition coefficient (Wildman–Crippen LogP) is 1.78. The van der Waals surface area contributed by atoms with E-state index in [1.807, 2.05) is 0 Å². The Morgan fingerprint density at radius 2 is 2.08 bits per heavy atom. The van der Waals surface area contributed by atoms with Crippen molar-refractivity contribution in [3.63, 3.8) is 0 Å². The van der Waals surface area contributed by atoms with E-state index in [4.69, 9.17) is 15.3 Å². The lowest BCUT2D eigenvalue weighted by molar-refractivity contribution is 0.0527. The molecule has 0 saturated carbocycles. The van der Waals surface area contributed by atoms with E-state index in [1.165, 1.54) is 0 Å². The minimum atomic E-state index is -1.02. The van der Waals surface area contributed by atoms with Gasteiger partial charge in [-0.3, -0.25) is 0 Å². The number of nitriles is 2. The Morgan fingerprint density at radius 3 is 2.62 bits per heavy atom. The van der Waals surface area contributed by atoms with E-state index in [-0.39, 0.29) is 0 Å². The number of hydrogen-bond acceptors (Lipinski definition) is 3. The van der Waals surface area contributed by atoms with Gasteiger partial charge in [0.2, 0.25) is 0 Å². The van der Waals surface area contributed by atoms with Gasteiger partial charge in [0.1, 0.15) is 6.10 Å². The average molecular weight is 176 g/mol. The molecule has 1 fully saturated rings. The van der Waals surface area contributed by atoms with E-state index in [0.717, 1.165) is 12.8 Å². The SMILES string of the molecule is C=CC1OCCCCC1(C#N)C#N. The van der Waals surface area contributed by atoms with Crippen molar-refractivity contribution >= 4 is 0 Å². The lowest BCUT2D eigenvalue weighted by Crippen LogP contribution is -2.31. The Balaban J connectivity index is 2.95. The molecule has 3 heteroatoms. The van der Waals surface area contributed by atoms with Crippen molar-refractivity contribution in [2.24, 2.45) is 5.41 Å². The van der Waals surface area contributed by atoms with Crippen LogP contribution in [0, 0.1) is 28.1 Å². The van der Waals surface area contributed by atoms with E-state index in [0.29, 0.717) is 13.0 Å². The molecule has 0 aromatic rings. The fourth-order valence-electron chi connectivity index (χ4n) is 1.53. The molecule has 68 valence electrons. The second-order valence-corrected chi connectivity index (χ2v) is 3.18. The summed E-state index contributed by atoms with van der Waals surface area (Å²) < 4.78 is 5.39. The summed E-state index contributed by atoms with van der Waals surface area (Å²) >= 11 is 0. The molecule has 1 saturated heterocycles. The lowest BCUT2D eigenvalue weighted by atomic mass is 9.81. The van der Waals surface area contributed by atoms with Crippen molar-refractivity contribution in [2.75, 3.05) is 6.61 Å². The Kier molecular flexibility index (Phi) is 3.06. The molecule has 1 aliphatic heterocycles. The first-order chi connectivity index (χ1) is 6.29. The van der Waals surface area contributed by atoms with Crippen LogP contribution in [0.5, 0.6) is 0 Å². The van der Waals surface area contributed by atoms with Crippen LogP contribution in [0.25, 0.3) is 0 Å². The van der Waals surface area contributed by atoms with Crippen LogP contribution < -0.4 is 0 Å². The molecule has 1 unspecified atom stereocenters. The smallest absolute Gasteiger partial charge is 0.173 e. The summed E-state index contributed by atoms with van der Waals surface area (Å²) in [6.07, 6.45) is 3.47. The van der Waals surface area contributed by atoms with Gasteiger partial charge in [0.15, 0.2) is 5.41 Å². The fourth-order valence-corrected chi connectivity index (χ4v) is 1.53. The van der Waals surface area contributed by atoms with Gasteiger partial charge >= 0.3 is 0 Å². The molecule has 0 amide bonds. The number of ether oxygens (including phenoxy) is 1. The van der Waals surface area contributed by atoms with Gasteiger partial charge in [-0.15, -0.1) is 6.58 Å². The topological polar surface area (TPSA) is 56.8 Å². The quantitative estimate of drug-likeness (QED) is 0.572. The molecule has 1 atom stereocenters. The van der Waals surface area contributed by atoms with Crippen LogP contribution in [0.2, 0.25) is 0 Å². The minimum absolute atomic E-state index is 0.440. The Hall–Kier alpha value is -1.32. The van der Waals surface area contributed by atoms with Crippen molar-refractivity contribution in [3.05, 3.63) is 12.7 Å². The van der Waals surface area contributed by atoms with Crippen molar-refractivity contribution in [3.8, 4) is 12.1 Å². The Morgan fingerprint density at radius 1 is 1.38 bits per heavy atom. The van der Waals surface area contributed by atoms with E-state index in [1.54, 1.807) is 6.08 Å². The maximum Gasteiger partial charge on any atom is 0.173 e. The Bertz CT molecular complexity index is 258. The summed E-state index contributed by atoms with van der Waals surface area (Å²) in [5, 5.41) is 17.9. The highest BCUT2D eigenvalue weighted by molar-refractivity contribution is 5.21. The van der Waals surface area contributed by atoms with Crippen LogP contribution in [0.3, 0.4) is 0 Å². The van der Waals surface area contributed by atoms with Gasteiger partial charge in [0, 0.05) is 6.61 Å². The molecule has 1 rings (SSSR count). The monoisotopic (exact) mass is 176 g/mol. The number of hydrogen-bond donors (Lipinski definition) is 0. The van der Waals surface area contributed by atoms with E-state index in [9.17, 15) is 0 Å². The van der Waals surface area contributed by atoms with E-state index >= 15 is 0 Å². The number of rotatable bonds is 1. The molecule has 0 bridgehead atoms. The summed E-state index contributed by atoms with van der Waals surface area (Å²) in [6, 6.07) is 4.10. The van der Waals surface area contributed by atoms with E-state index in [2.05, 4.69) is 18.7 Å². The Labute approximate surface area is 78.2 Å². The molecule has 0 aliphatic carbocycles. The van der Waals surface area contributed by atoms with Crippen molar-refractivity contribution in [2.45, 2.75) is 25.4 Å². The highest BCUT2D eigenvalue weighted by Crippen LogP contribution is 2.32. The van der Waals surface area contributed by atoms with Gasteiger partial charge in [-0.25, -0.2) is 0 Å². The van der Waals surface area contributed by atoms with Crippen molar-refractivity contribution in [1.82, 2.24) is 0 Å². The van der Waals surface area contributed by atoms with Gasteiger partial charge in [-0.05, 0) is 19.3 Å². The van der Waals surface area contributed by atoms with Crippen LogP contribution >= 0.6 is 0 Å². The molecule has 3 nitrogen and oxygen atoms in total. The van der Waals surface area contributed by atoms with Crippen molar-refractivity contribution < 1.29 is 4.74 Å². The molecule has 0 spiro atoms. The van der Waals surface area contributed by atoms with E-state index < -0.39 is 11.5 Å². The third-order valence-electron chi connectivity index (χ3n) is 2.36. The molecule has 1 heterocycles. The van der Waals surface area contributed by atoms with Gasteiger partial charge in [-0.1, -0.05) is 6.08 Å². The van der Waals surface area contributed by atoms with Gasteiger partial charge in [0.25, 0.3) is 0 Å². The zero-order valence-corrected chi connectivity index (χ0v) is 7.49. The maximum absolute atomic E-state index is 8.97. The second kappa shape index (κ2) is 4.07. The van der Waals surface area contributed by atoms with Gasteiger partial charge < -0.3 is 4.74 Å². The highest BCUT2D eigenvalue weighted by Gasteiger charge is 2.39. The van der Waals surface area contributed by atoms with Gasteiger partial charge in [0.05, 0.1) is 12.1 Å². The molecule has 13 heavy (non-hydrogen) atoms. The number of nitrogens with zero attached hydrogens (tertiary/aromatic N) is 2. The van der Waals surface area contributed by atoms with Crippen LogP contribution in [-0.2, 0) is 4.74 Å². The first kappa shape index (κ1) is 9.77. The largest absolute Gasteiger partial charge is 0.371 e. The predicted molar refractivity (Wildman–Crippen MR) is 47.4 cm³/mol. The first-order valence-electron chi connectivity index (χ1n) is 4.36. The first-order valence-corrected chi connectivity index (χ1v) is 4.36. The molecule has 0 radical (unpaired) electrons.